The summed E-state index contributed by atoms with van der Waals surface area (Å²) in [6.45, 7) is 0. The molecule has 1 nitrogen and oxygen atoms in total. The Morgan fingerprint density at radius 2 is 1.43 bits per heavy atom. The van der Waals surface area contributed by atoms with Crippen molar-refractivity contribution in [3.8, 4) is 0 Å². The topological polar surface area (TPSA) is 12.0 Å². The van der Waals surface area contributed by atoms with E-state index >= 15 is 0 Å². The molecule has 0 heterocycles. The second-order valence-electron chi connectivity index (χ2n) is 9.57. The van der Waals surface area contributed by atoms with Crippen molar-refractivity contribution < 1.29 is 0 Å². The van der Waals surface area contributed by atoms with Gasteiger partial charge in [-0.25, -0.2) is 0 Å². The quantitative estimate of drug-likeness (QED) is 0.804. The normalized spacial score (nSPS) is 55.3. The van der Waals surface area contributed by atoms with Gasteiger partial charge in [-0.3, -0.25) is 0 Å². The molecule has 4 unspecified atom stereocenters. The number of fused-ring (bicyclic) bond motifs is 2. The largest absolute Gasteiger partial charge is 0.317 e. The molecular weight excluding hydrogens is 254 g/mol. The second-order valence-corrected chi connectivity index (χ2v) is 9.57. The van der Waals surface area contributed by atoms with Crippen LogP contribution in [0.25, 0.3) is 0 Å². The maximum atomic E-state index is 3.82. The van der Waals surface area contributed by atoms with Crippen molar-refractivity contribution in [2.75, 3.05) is 7.05 Å². The van der Waals surface area contributed by atoms with Gasteiger partial charge >= 0.3 is 0 Å². The third kappa shape index (κ3) is 2.13. The van der Waals surface area contributed by atoms with Gasteiger partial charge in [0.1, 0.15) is 0 Å². The summed E-state index contributed by atoms with van der Waals surface area (Å²) in [5.74, 6) is 8.81. The van der Waals surface area contributed by atoms with Crippen LogP contribution >= 0.6 is 0 Å². The van der Waals surface area contributed by atoms with Gasteiger partial charge in [0.15, 0.2) is 0 Å². The van der Waals surface area contributed by atoms with Crippen molar-refractivity contribution >= 4 is 0 Å². The lowest BCUT2D eigenvalue weighted by molar-refractivity contribution is -0.0548. The Bertz CT molecular complexity index is 375. The Labute approximate surface area is 130 Å². The average molecular weight is 287 g/mol. The van der Waals surface area contributed by atoms with E-state index in [1.807, 2.05) is 0 Å². The minimum absolute atomic E-state index is 0.851. The van der Waals surface area contributed by atoms with Crippen molar-refractivity contribution in [3.05, 3.63) is 0 Å². The van der Waals surface area contributed by atoms with Crippen molar-refractivity contribution in [1.29, 1.82) is 0 Å². The first-order valence-electron chi connectivity index (χ1n) is 9.97. The van der Waals surface area contributed by atoms with E-state index in [1.165, 1.54) is 6.42 Å². The predicted molar refractivity (Wildman–Crippen MR) is 86.9 cm³/mol. The third-order valence-electron chi connectivity index (χ3n) is 8.58. The van der Waals surface area contributed by atoms with E-state index in [1.54, 1.807) is 57.8 Å². The summed E-state index contributed by atoms with van der Waals surface area (Å²) in [7, 11) is 2.27. The Kier molecular flexibility index (Phi) is 3.18. The molecule has 6 saturated carbocycles. The number of hydrogen-bond acceptors (Lipinski definition) is 1. The second kappa shape index (κ2) is 4.98. The standard InChI is InChI=1S/C20H33N/c1-21-19(11-16-6-12-2-3-15(16)5-12)20-17-7-13-4-14(9-17)10-18(20)8-13/h12-21H,2-11H2,1H3. The van der Waals surface area contributed by atoms with Crippen molar-refractivity contribution in [2.45, 2.75) is 70.3 Å². The Hall–Kier alpha value is -0.0400. The fourth-order valence-corrected chi connectivity index (χ4v) is 8.08. The molecule has 6 aliphatic rings. The van der Waals surface area contributed by atoms with Crippen LogP contribution in [0, 0.1) is 47.3 Å². The van der Waals surface area contributed by atoms with Crippen molar-refractivity contribution in [1.82, 2.24) is 5.32 Å². The summed E-state index contributed by atoms with van der Waals surface area (Å²) < 4.78 is 0. The monoisotopic (exact) mass is 287 g/mol. The van der Waals surface area contributed by atoms with E-state index in [4.69, 9.17) is 0 Å². The van der Waals surface area contributed by atoms with E-state index in [2.05, 4.69) is 12.4 Å². The van der Waals surface area contributed by atoms with Crippen LogP contribution in [-0.2, 0) is 0 Å². The molecule has 1 heteroatoms. The highest BCUT2D eigenvalue weighted by molar-refractivity contribution is 5.02. The van der Waals surface area contributed by atoms with E-state index in [9.17, 15) is 0 Å². The Balaban J connectivity index is 1.31. The van der Waals surface area contributed by atoms with E-state index in [0.717, 1.165) is 53.4 Å². The van der Waals surface area contributed by atoms with Gasteiger partial charge in [0.2, 0.25) is 0 Å². The SMILES string of the molecule is CNC(CC1CC2CCC1C2)C1C2CC3CC(C2)CC1C3. The minimum atomic E-state index is 0.851. The van der Waals surface area contributed by atoms with Crippen LogP contribution < -0.4 is 5.32 Å². The van der Waals surface area contributed by atoms with E-state index in [-0.39, 0.29) is 0 Å². The number of rotatable bonds is 4. The molecule has 6 fully saturated rings. The molecular formula is C20H33N. The summed E-state index contributed by atoms with van der Waals surface area (Å²) >= 11 is 0. The molecule has 0 saturated heterocycles. The molecule has 0 amide bonds. The lowest BCUT2D eigenvalue weighted by Crippen LogP contribution is -2.53. The Morgan fingerprint density at radius 1 is 0.762 bits per heavy atom. The van der Waals surface area contributed by atoms with E-state index in [0.29, 0.717) is 0 Å². The zero-order valence-corrected chi connectivity index (χ0v) is 13.8. The third-order valence-corrected chi connectivity index (χ3v) is 8.58. The molecule has 0 aromatic carbocycles. The molecule has 6 aliphatic carbocycles. The summed E-state index contributed by atoms with van der Waals surface area (Å²) in [6.07, 6.45) is 15.8. The first kappa shape index (κ1) is 13.4. The lowest BCUT2D eigenvalue weighted by atomic mass is 9.50. The van der Waals surface area contributed by atoms with Crippen LogP contribution in [0.4, 0.5) is 0 Å². The highest BCUT2D eigenvalue weighted by Gasteiger charge is 2.51. The van der Waals surface area contributed by atoms with Gasteiger partial charge in [0, 0.05) is 6.04 Å². The molecule has 4 atom stereocenters. The van der Waals surface area contributed by atoms with Crippen LogP contribution in [0.15, 0.2) is 0 Å². The highest BCUT2D eigenvalue weighted by Crippen LogP contribution is 2.58. The smallest absolute Gasteiger partial charge is 0.0100 e. The summed E-state index contributed by atoms with van der Waals surface area (Å²) in [5.41, 5.74) is 0. The first-order valence-corrected chi connectivity index (χ1v) is 9.97. The van der Waals surface area contributed by atoms with Gasteiger partial charge in [-0.15, -0.1) is 0 Å². The molecule has 1 N–H and O–H groups in total. The van der Waals surface area contributed by atoms with Gasteiger partial charge in [-0.1, -0.05) is 6.42 Å². The Morgan fingerprint density at radius 3 is 1.95 bits per heavy atom. The summed E-state index contributed by atoms with van der Waals surface area (Å²) in [4.78, 5) is 0. The first-order chi connectivity index (χ1) is 10.3. The van der Waals surface area contributed by atoms with Crippen LogP contribution in [0.5, 0.6) is 0 Å². The van der Waals surface area contributed by atoms with Gasteiger partial charge in [-0.05, 0) is 112 Å². The van der Waals surface area contributed by atoms with Gasteiger partial charge in [-0.2, -0.15) is 0 Å². The molecule has 0 spiro atoms. The average Bonchev–Trinajstić information content (AvgIpc) is 3.07. The highest BCUT2D eigenvalue weighted by atomic mass is 14.9. The van der Waals surface area contributed by atoms with Crippen LogP contribution in [0.1, 0.15) is 64.2 Å². The van der Waals surface area contributed by atoms with Crippen molar-refractivity contribution in [2.24, 2.45) is 47.3 Å². The number of hydrogen-bond donors (Lipinski definition) is 1. The van der Waals surface area contributed by atoms with Crippen LogP contribution in [0.3, 0.4) is 0 Å². The van der Waals surface area contributed by atoms with E-state index < -0.39 is 0 Å². The lowest BCUT2D eigenvalue weighted by Gasteiger charge is -2.56. The van der Waals surface area contributed by atoms with Gasteiger partial charge in [0.25, 0.3) is 0 Å². The molecule has 6 rings (SSSR count). The zero-order valence-electron chi connectivity index (χ0n) is 13.8. The predicted octanol–water partition coefficient (Wildman–Crippen LogP) is 4.47. The van der Waals surface area contributed by atoms with Crippen molar-refractivity contribution in [3.63, 3.8) is 0 Å². The fourth-order valence-electron chi connectivity index (χ4n) is 8.08. The van der Waals surface area contributed by atoms with Crippen LogP contribution in [0.2, 0.25) is 0 Å². The molecule has 118 valence electrons. The number of nitrogens with one attached hydrogen (secondary N) is 1. The molecule has 21 heavy (non-hydrogen) atoms. The maximum absolute atomic E-state index is 3.82. The minimum Gasteiger partial charge on any atom is -0.317 e. The molecule has 0 aromatic rings. The van der Waals surface area contributed by atoms with Crippen LogP contribution in [-0.4, -0.2) is 13.1 Å². The summed E-state index contributed by atoms with van der Waals surface area (Å²) in [5, 5.41) is 3.82. The molecule has 6 bridgehead atoms. The molecule has 0 aromatic heterocycles. The molecule has 0 aliphatic heterocycles. The maximum Gasteiger partial charge on any atom is 0.0100 e. The summed E-state index contributed by atoms with van der Waals surface area (Å²) in [6, 6.07) is 0.851. The van der Waals surface area contributed by atoms with Gasteiger partial charge in [0.05, 0.1) is 0 Å². The fraction of sp³-hybridized carbons (Fsp3) is 1.00. The zero-order chi connectivity index (χ0) is 14.0. The van der Waals surface area contributed by atoms with Gasteiger partial charge < -0.3 is 5.32 Å². The molecule has 0 radical (unpaired) electrons.